The Morgan fingerprint density at radius 1 is 1.10 bits per heavy atom. The van der Waals surface area contributed by atoms with Crippen LogP contribution in [0, 0.1) is 12.8 Å². The van der Waals surface area contributed by atoms with Crippen molar-refractivity contribution in [3.63, 3.8) is 0 Å². The van der Waals surface area contributed by atoms with Gasteiger partial charge in [-0.3, -0.25) is 9.59 Å². The van der Waals surface area contributed by atoms with E-state index < -0.39 is 5.92 Å². The van der Waals surface area contributed by atoms with Crippen LogP contribution >= 0.6 is 11.3 Å². The number of amides is 2. The largest absolute Gasteiger partial charge is 0.311 e. The molecule has 1 aromatic heterocycles. The molecule has 0 spiro atoms. The fourth-order valence-corrected chi connectivity index (χ4v) is 4.23. The average Bonchev–Trinajstić information content (AvgIpc) is 3.34. The van der Waals surface area contributed by atoms with E-state index >= 15 is 0 Å². The number of carbonyl (C=O) groups excluding carboxylic acids is 2. The number of hydrogen-bond acceptors (Lipinski definition) is 5. The summed E-state index contributed by atoms with van der Waals surface area (Å²) in [5.74, 6) is -0.598. The number of aryl methyl sites for hydroxylation is 3. The van der Waals surface area contributed by atoms with Gasteiger partial charge in [0.2, 0.25) is 16.9 Å². The van der Waals surface area contributed by atoms with Crippen LogP contribution in [0.4, 0.5) is 10.8 Å². The van der Waals surface area contributed by atoms with Crippen LogP contribution in [0.3, 0.4) is 0 Å². The van der Waals surface area contributed by atoms with Gasteiger partial charge in [0, 0.05) is 25.1 Å². The molecule has 29 heavy (non-hydrogen) atoms. The zero-order valence-corrected chi connectivity index (χ0v) is 17.0. The SMILES string of the molecule is Cc1ccccc1N1C[C@H](C(=O)Nc2nnc(CCc3ccccc3)s2)CC1=O. The molecule has 2 amide bonds. The summed E-state index contributed by atoms with van der Waals surface area (Å²) in [5.41, 5.74) is 3.13. The summed E-state index contributed by atoms with van der Waals surface area (Å²) < 4.78 is 0. The summed E-state index contributed by atoms with van der Waals surface area (Å²) >= 11 is 1.39. The lowest BCUT2D eigenvalue weighted by atomic mass is 10.1. The molecule has 4 rings (SSSR count). The molecule has 7 heteroatoms. The molecule has 0 saturated carbocycles. The minimum atomic E-state index is -0.390. The maximum atomic E-state index is 12.7. The Kier molecular flexibility index (Phi) is 5.67. The van der Waals surface area contributed by atoms with E-state index in [2.05, 4.69) is 27.6 Å². The molecule has 1 fully saturated rings. The number of benzene rings is 2. The summed E-state index contributed by atoms with van der Waals surface area (Å²) in [5, 5.41) is 12.5. The Morgan fingerprint density at radius 2 is 1.86 bits per heavy atom. The number of rotatable bonds is 6. The molecule has 6 nitrogen and oxygen atoms in total. The monoisotopic (exact) mass is 406 g/mol. The van der Waals surface area contributed by atoms with Gasteiger partial charge in [0.05, 0.1) is 5.92 Å². The summed E-state index contributed by atoms with van der Waals surface area (Å²) in [4.78, 5) is 26.8. The minimum Gasteiger partial charge on any atom is -0.311 e. The Bertz CT molecular complexity index is 1020. The Balaban J connectivity index is 1.35. The fraction of sp³-hybridized carbons (Fsp3) is 0.273. The second-order valence-electron chi connectivity index (χ2n) is 7.17. The van der Waals surface area contributed by atoms with Gasteiger partial charge in [-0.05, 0) is 30.5 Å². The van der Waals surface area contributed by atoms with Crippen LogP contribution in [-0.4, -0.2) is 28.6 Å². The Hall–Kier alpha value is -3.06. The number of para-hydroxylation sites is 1. The van der Waals surface area contributed by atoms with Gasteiger partial charge in [-0.25, -0.2) is 0 Å². The van der Waals surface area contributed by atoms with Crippen LogP contribution in [0.2, 0.25) is 0 Å². The van der Waals surface area contributed by atoms with Gasteiger partial charge in [0.15, 0.2) is 0 Å². The van der Waals surface area contributed by atoms with E-state index in [4.69, 9.17) is 0 Å². The zero-order valence-electron chi connectivity index (χ0n) is 16.2. The van der Waals surface area contributed by atoms with E-state index in [0.29, 0.717) is 11.7 Å². The molecule has 0 unspecified atom stereocenters. The van der Waals surface area contributed by atoms with Gasteiger partial charge in [0.1, 0.15) is 5.01 Å². The van der Waals surface area contributed by atoms with E-state index in [1.54, 1.807) is 4.90 Å². The Labute approximate surface area is 173 Å². The molecule has 3 aromatic rings. The average molecular weight is 407 g/mol. The van der Waals surface area contributed by atoms with E-state index in [1.165, 1.54) is 16.9 Å². The first kappa shape index (κ1) is 19.3. The van der Waals surface area contributed by atoms with Gasteiger partial charge in [-0.2, -0.15) is 0 Å². The first-order chi connectivity index (χ1) is 14.1. The van der Waals surface area contributed by atoms with E-state index in [1.807, 2.05) is 49.4 Å². The standard InChI is InChI=1S/C22H22N4O2S/c1-15-7-5-6-10-18(15)26-14-17(13-20(26)27)21(28)23-22-25-24-19(29-22)12-11-16-8-3-2-4-9-16/h2-10,17H,11-14H2,1H3,(H,23,25,28)/t17-/m1/s1. The van der Waals surface area contributed by atoms with Crippen molar-refractivity contribution in [3.8, 4) is 0 Å². The molecule has 1 aliphatic rings. The van der Waals surface area contributed by atoms with Crippen LogP contribution in [0.15, 0.2) is 54.6 Å². The second-order valence-corrected chi connectivity index (χ2v) is 8.23. The fourth-order valence-electron chi connectivity index (χ4n) is 3.49. The smallest absolute Gasteiger partial charge is 0.231 e. The van der Waals surface area contributed by atoms with Gasteiger partial charge >= 0.3 is 0 Å². The van der Waals surface area contributed by atoms with Crippen molar-refractivity contribution in [2.24, 2.45) is 5.92 Å². The van der Waals surface area contributed by atoms with E-state index in [0.717, 1.165) is 29.1 Å². The molecule has 148 valence electrons. The quantitative estimate of drug-likeness (QED) is 0.678. The highest BCUT2D eigenvalue weighted by Gasteiger charge is 2.35. The van der Waals surface area contributed by atoms with Gasteiger partial charge in [-0.1, -0.05) is 59.9 Å². The molecule has 2 aromatic carbocycles. The van der Waals surface area contributed by atoms with Gasteiger partial charge in [-0.15, -0.1) is 10.2 Å². The highest BCUT2D eigenvalue weighted by atomic mass is 32.1. The van der Waals surface area contributed by atoms with Crippen LogP contribution in [-0.2, 0) is 22.4 Å². The van der Waals surface area contributed by atoms with E-state index in [9.17, 15) is 9.59 Å². The summed E-state index contributed by atoms with van der Waals surface area (Å²) in [7, 11) is 0. The Morgan fingerprint density at radius 3 is 2.66 bits per heavy atom. The lowest BCUT2D eigenvalue weighted by Gasteiger charge is -2.18. The van der Waals surface area contributed by atoms with Crippen LogP contribution in [0.25, 0.3) is 0 Å². The molecule has 1 aliphatic heterocycles. The zero-order chi connectivity index (χ0) is 20.2. The highest BCUT2D eigenvalue weighted by Crippen LogP contribution is 2.28. The maximum absolute atomic E-state index is 12.7. The first-order valence-electron chi connectivity index (χ1n) is 9.63. The third-order valence-corrected chi connectivity index (χ3v) is 5.97. The van der Waals surface area contributed by atoms with Crippen molar-refractivity contribution in [2.75, 3.05) is 16.8 Å². The van der Waals surface area contributed by atoms with Crippen molar-refractivity contribution in [3.05, 3.63) is 70.7 Å². The molecule has 1 saturated heterocycles. The van der Waals surface area contributed by atoms with Crippen molar-refractivity contribution in [2.45, 2.75) is 26.2 Å². The number of nitrogens with zero attached hydrogens (tertiary/aromatic N) is 3. The lowest BCUT2D eigenvalue weighted by Crippen LogP contribution is -2.28. The highest BCUT2D eigenvalue weighted by molar-refractivity contribution is 7.15. The van der Waals surface area contributed by atoms with Gasteiger partial charge < -0.3 is 10.2 Å². The number of carbonyl (C=O) groups is 2. The van der Waals surface area contributed by atoms with Crippen molar-refractivity contribution in [1.29, 1.82) is 0 Å². The van der Waals surface area contributed by atoms with Crippen LogP contribution in [0.1, 0.15) is 22.6 Å². The summed E-state index contributed by atoms with van der Waals surface area (Å²) in [6.45, 7) is 2.35. The predicted octanol–water partition coefficient (Wildman–Crippen LogP) is 3.62. The minimum absolute atomic E-state index is 0.0275. The molecule has 0 radical (unpaired) electrons. The predicted molar refractivity (Wildman–Crippen MR) is 114 cm³/mol. The van der Waals surface area contributed by atoms with Crippen molar-refractivity contribution >= 4 is 34.0 Å². The molecular formula is C22H22N4O2S. The number of nitrogens with one attached hydrogen (secondary N) is 1. The van der Waals surface area contributed by atoms with Gasteiger partial charge in [0.25, 0.3) is 0 Å². The molecular weight excluding hydrogens is 384 g/mol. The number of anilines is 2. The molecule has 1 atom stereocenters. The molecule has 2 heterocycles. The van der Waals surface area contributed by atoms with E-state index in [-0.39, 0.29) is 18.2 Å². The second kappa shape index (κ2) is 8.53. The summed E-state index contributed by atoms with van der Waals surface area (Å²) in [6.07, 6.45) is 1.87. The maximum Gasteiger partial charge on any atom is 0.231 e. The van der Waals surface area contributed by atoms with Crippen molar-refractivity contribution < 1.29 is 9.59 Å². The molecule has 0 aliphatic carbocycles. The third kappa shape index (κ3) is 4.51. The third-order valence-electron chi connectivity index (χ3n) is 5.07. The van der Waals surface area contributed by atoms with Crippen LogP contribution in [0.5, 0.6) is 0 Å². The topological polar surface area (TPSA) is 75.2 Å². The lowest BCUT2D eigenvalue weighted by molar-refractivity contribution is -0.122. The summed E-state index contributed by atoms with van der Waals surface area (Å²) in [6, 6.07) is 17.9. The molecule has 0 bridgehead atoms. The molecule has 1 N–H and O–H groups in total. The number of hydrogen-bond donors (Lipinski definition) is 1. The normalized spacial score (nSPS) is 16.2. The van der Waals surface area contributed by atoms with Crippen LogP contribution < -0.4 is 10.2 Å². The van der Waals surface area contributed by atoms with Crippen molar-refractivity contribution in [1.82, 2.24) is 10.2 Å². The number of aromatic nitrogens is 2. The first-order valence-corrected chi connectivity index (χ1v) is 10.4.